The Bertz CT molecular complexity index is 1050. The molecule has 5 nitrogen and oxygen atoms in total. The molecular weight excluding hydrogens is 455 g/mol. The number of piperazine rings is 1. The summed E-state index contributed by atoms with van der Waals surface area (Å²) in [6.45, 7) is 7.58. The van der Waals surface area contributed by atoms with Gasteiger partial charge in [-0.05, 0) is 56.2 Å². The van der Waals surface area contributed by atoms with Crippen LogP contribution in [-0.4, -0.2) is 73.2 Å². The second-order valence-electron chi connectivity index (χ2n) is 10.2. The van der Waals surface area contributed by atoms with E-state index in [0.717, 1.165) is 18.2 Å². The zero-order chi connectivity index (χ0) is 24.7. The summed E-state index contributed by atoms with van der Waals surface area (Å²) in [6, 6.07) is 10.4. The predicted molar refractivity (Wildman–Crippen MR) is 128 cm³/mol. The summed E-state index contributed by atoms with van der Waals surface area (Å²) < 4.78 is 47.4. The first-order chi connectivity index (χ1) is 16.8. The number of carbonyl (C=O) groups is 1. The molecule has 5 rings (SSSR count). The van der Waals surface area contributed by atoms with Crippen molar-refractivity contribution in [2.75, 3.05) is 44.3 Å². The van der Waals surface area contributed by atoms with E-state index >= 15 is 0 Å². The van der Waals surface area contributed by atoms with E-state index in [1.54, 1.807) is 12.1 Å². The number of halogens is 3. The molecule has 3 saturated heterocycles. The third-order valence-corrected chi connectivity index (χ3v) is 7.80. The highest BCUT2D eigenvalue weighted by atomic mass is 19.1. The number of hydrogen-bond acceptors (Lipinski definition) is 4. The van der Waals surface area contributed by atoms with Crippen LogP contribution in [0.15, 0.2) is 42.5 Å². The van der Waals surface area contributed by atoms with Crippen molar-refractivity contribution in [1.29, 1.82) is 0 Å². The minimum atomic E-state index is -0.618. The van der Waals surface area contributed by atoms with Crippen molar-refractivity contribution >= 4 is 11.6 Å². The highest BCUT2D eigenvalue weighted by molar-refractivity contribution is 5.81. The van der Waals surface area contributed by atoms with Gasteiger partial charge in [0.2, 0.25) is 5.91 Å². The summed E-state index contributed by atoms with van der Waals surface area (Å²) in [6.07, 6.45) is 0.893. The van der Waals surface area contributed by atoms with E-state index in [0.29, 0.717) is 45.0 Å². The van der Waals surface area contributed by atoms with Crippen molar-refractivity contribution in [3.63, 3.8) is 0 Å². The zero-order valence-corrected chi connectivity index (χ0v) is 20.2. The molecular formula is C27H32F3N3O2. The molecule has 2 aromatic rings. The van der Waals surface area contributed by atoms with Crippen LogP contribution in [0.4, 0.5) is 18.9 Å². The molecule has 5 atom stereocenters. The second-order valence-corrected chi connectivity index (χ2v) is 10.2. The zero-order valence-electron chi connectivity index (χ0n) is 20.2. The molecule has 0 unspecified atom stereocenters. The number of nitrogens with zero attached hydrogens (tertiary/aromatic N) is 3. The molecule has 3 heterocycles. The molecule has 3 aliphatic heterocycles. The van der Waals surface area contributed by atoms with Crippen LogP contribution < -0.4 is 4.90 Å². The minimum absolute atomic E-state index is 0.0117. The maximum absolute atomic E-state index is 14.8. The number of likely N-dealkylation sites (tertiary alicyclic amines) is 1. The molecule has 35 heavy (non-hydrogen) atoms. The molecule has 0 aliphatic carbocycles. The Morgan fingerprint density at radius 3 is 2.23 bits per heavy atom. The highest BCUT2D eigenvalue weighted by Crippen LogP contribution is 2.38. The normalized spacial score (nSPS) is 29.7. The van der Waals surface area contributed by atoms with Gasteiger partial charge < -0.3 is 14.5 Å². The molecule has 8 heteroatoms. The van der Waals surface area contributed by atoms with Gasteiger partial charge in [-0.1, -0.05) is 6.07 Å². The monoisotopic (exact) mass is 487 g/mol. The van der Waals surface area contributed by atoms with E-state index in [4.69, 9.17) is 4.74 Å². The van der Waals surface area contributed by atoms with Gasteiger partial charge in [0.05, 0.1) is 12.5 Å². The standard InChI is InChI=1S/C27H32F3N3O2/c1-17-12-32(13-18(2)33(17)21-6-3-19(28)4-7-21)27(34)25-15-31(22-9-10-35-16-22)14-24(25)23-8-5-20(29)11-26(23)30/h3-8,11,17-18,22,24-25H,9-10,12-16H2,1-2H3/t17-,18+,22-,24-,25+/m0/s1. The topological polar surface area (TPSA) is 36.0 Å². The Morgan fingerprint density at radius 2 is 1.60 bits per heavy atom. The quantitative estimate of drug-likeness (QED) is 0.653. The molecule has 188 valence electrons. The van der Waals surface area contributed by atoms with E-state index < -0.39 is 17.6 Å². The number of rotatable bonds is 4. The molecule has 0 spiro atoms. The molecule has 0 saturated carbocycles. The summed E-state index contributed by atoms with van der Waals surface area (Å²) in [4.78, 5) is 20.3. The lowest BCUT2D eigenvalue weighted by Crippen LogP contribution is -2.59. The fourth-order valence-electron chi connectivity index (χ4n) is 6.17. The second kappa shape index (κ2) is 9.82. The summed E-state index contributed by atoms with van der Waals surface area (Å²) in [5.41, 5.74) is 1.33. The average molecular weight is 488 g/mol. The van der Waals surface area contributed by atoms with E-state index in [2.05, 4.69) is 23.6 Å². The predicted octanol–water partition coefficient (Wildman–Crippen LogP) is 4.03. The number of benzene rings is 2. The largest absolute Gasteiger partial charge is 0.380 e. The fourth-order valence-corrected chi connectivity index (χ4v) is 6.17. The van der Waals surface area contributed by atoms with Gasteiger partial charge in [0.15, 0.2) is 0 Å². The third kappa shape index (κ3) is 4.78. The van der Waals surface area contributed by atoms with Crippen LogP contribution in [0.2, 0.25) is 0 Å². The van der Waals surface area contributed by atoms with Gasteiger partial charge in [0, 0.05) is 68.6 Å². The molecule has 3 aliphatic rings. The third-order valence-electron chi connectivity index (χ3n) is 7.80. The van der Waals surface area contributed by atoms with Crippen molar-refractivity contribution in [1.82, 2.24) is 9.80 Å². The van der Waals surface area contributed by atoms with Gasteiger partial charge in [-0.3, -0.25) is 9.69 Å². The summed E-state index contributed by atoms with van der Waals surface area (Å²) in [5, 5.41) is 0. The van der Waals surface area contributed by atoms with Gasteiger partial charge in [-0.15, -0.1) is 0 Å². The molecule has 2 aromatic carbocycles. The van der Waals surface area contributed by atoms with Gasteiger partial charge in [-0.2, -0.15) is 0 Å². The lowest BCUT2D eigenvalue weighted by Gasteiger charge is -2.46. The lowest BCUT2D eigenvalue weighted by molar-refractivity contribution is -0.137. The van der Waals surface area contributed by atoms with E-state index in [1.165, 1.54) is 24.3 Å². The Hall–Kier alpha value is -2.58. The number of carbonyl (C=O) groups excluding carboxylic acids is 1. The van der Waals surface area contributed by atoms with Crippen molar-refractivity contribution in [3.05, 3.63) is 65.5 Å². The number of hydrogen-bond donors (Lipinski definition) is 0. The van der Waals surface area contributed by atoms with Crippen LogP contribution in [0.1, 0.15) is 31.7 Å². The summed E-state index contributed by atoms with van der Waals surface area (Å²) in [7, 11) is 0. The molecule has 0 aromatic heterocycles. The smallest absolute Gasteiger partial charge is 0.227 e. The maximum atomic E-state index is 14.8. The van der Waals surface area contributed by atoms with Crippen molar-refractivity contribution in [2.24, 2.45) is 5.92 Å². The van der Waals surface area contributed by atoms with Crippen LogP contribution >= 0.6 is 0 Å². The van der Waals surface area contributed by atoms with E-state index in [1.807, 2.05) is 4.90 Å². The van der Waals surface area contributed by atoms with E-state index in [9.17, 15) is 18.0 Å². The van der Waals surface area contributed by atoms with Crippen molar-refractivity contribution < 1.29 is 22.7 Å². The van der Waals surface area contributed by atoms with E-state index in [-0.39, 0.29) is 35.8 Å². The first-order valence-electron chi connectivity index (χ1n) is 12.4. The number of amides is 1. The van der Waals surface area contributed by atoms with Crippen molar-refractivity contribution in [3.8, 4) is 0 Å². The van der Waals surface area contributed by atoms with Crippen LogP contribution in [0.25, 0.3) is 0 Å². The van der Waals surface area contributed by atoms with Gasteiger partial charge >= 0.3 is 0 Å². The van der Waals surface area contributed by atoms with Crippen LogP contribution in [0, 0.1) is 23.4 Å². The Balaban J connectivity index is 1.37. The average Bonchev–Trinajstić information content (AvgIpc) is 3.49. The molecule has 3 fully saturated rings. The SMILES string of the molecule is C[C@@H]1CN(C(=O)[C@@H]2CN([C@H]3CCOC3)C[C@H]2c2ccc(F)cc2F)C[C@H](C)N1c1ccc(F)cc1. The van der Waals surface area contributed by atoms with Gasteiger partial charge in [-0.25, -0.2) is 13.2 Å². The van der Waals surface area contributed by atoms with Crippen LogP contribution in [0.5, 0.6) is 0 Å². The first kappa shape index (κ1) is 24.1. The molecule has 0 N–H and O–H groups in total. The fraction of sp³-hybridized carbons (Fsp3) is 0.519. The lowest BCUT2D eigenvalue weighted by atomic mass is 9.87. The Kier molecular flexibility index (Phi) is 6.77. The molecule has 0 radical (unpaired) electrons. The molecule has 1 amide bonds. The number of ether oxygens (including phenoxy) is 1. The Morgan fingerprint density at radius 1 is 0.914 bits per heavy atom. The minimum Gasteiger partial charge on any atom is -0.380 e. The van der Waals surface area contributed by atoms with Crippen LogP contribution in [-0.2, 0) is 9.53 Å². The summed E-state index contributed by atoms with van der Waals surface area (Å²) >= 11 is 0. The van der Waals surface area contributed by atoms with Gasteiger partial charge in [0.1, 0.15) is 17.5 Å². The van der Waals surface area contributed by atoms with Gasteiger partial charge in [0.25, 0.3) is 0 Å². The Labute approximate surface area is 204 Å². The number of anilines is 1. The maximum Gasteiger partial charge on any atom is 0.227 e. The van der Waals surface area contributed by atoms with Crippen molar-refractivity contribution in [2.45, 2.75) is 44.3 Å². The van der Waals surface area contributed by atoms with Crippen LogP contribution in [0.3, 0.4) is 0 Å². The summed E-state index contributed by atoms with van der Waals surface area (Å²) in [5.74, 6) is -2.23. The first-order valence-corrected chi connectivity index (χ1v) is 12.4. The molecule has 0 bridgehead atoms. The highest BCUT2D eigenvalue weighted by Gasteiger charge is 2.45.